The molecule has 64 valence electrons. The number of Topliss-reactive ketones (excluding diaryl/α,β-unsaturated/α-hetero) is 1. The third-order valence-corrected chi connectivity index (χ3v) is 2.16. The summed E-state index contributed by atoms with van der Waals surface area (Å²) in [6.45, 7) is 0.423. The Morgan fingerprint density at radius 3 is 3.00 bits per heavy atom. The van der Waals surface area contributed by atoms with Gasteiger partial charge in [-0.3, -0.25) is 4.79 Å². The van der Waals surface area contributed by atoms with Crippen LogP contribution < -0.4 is 5.32 Å². The number of benzene rings is 1. The SMILES string of the molecule is N#CC1CNc2ccccc2C1=O. The number of nitrogens with one attached hydrogen (secondary N) is 1. The van der Waals surface area contributed by atoms with Crippen molar-refractivity contribution in [1.82, 2.24) is 0 Å². The van der Waals surface area contributed by atoms with E-state index in [-0.39, 0.29) is 5.78 Å². The Hall–Kier alpha value is -1.82. The molecule has 0 spiro atoms. The molecule has 0 amide bonds. The molecule has 0 bridgehead atoms. The van der Waals surface area contributed by atoms with E-state index in [0.29, 0.717) is 12.1 Å². The summed E-state index contributed by atoms with van der Waals surface area (Å²) < 4.78 is 0. The molecule has 1 unspecified atom stereocenters. The third kappa shape index (κ3) is 1.17. The van der Waals surface area contributed by atoms with Crippen molar-refractivity contribution in [3.05, 3.63) is 29.8 Å². The first-order chi connectivity index (χ1) is 6.33. The van der Waals surface area contributed by atoms with E-state index in [4.69, 9.17) is 5.26 Å². The van der Waals surface area contributed by atoms with Gasteiger partial charge < -0.3 is 5.32 Å². The number of carbonyl (C=O) groups is 1. The summed E-state index contributed by atoms with van der Waals surface area (Å²) >= 11 is 0. The van der Waals surface area contributed by atoms with Crippen molar-refractivity contribution in [2.24, 2.45) is 5.92 Å². The van der Waals surface area contributed by atoms with Crippen molar-refractivity contribution in [1.29, 1.82) is 5.26 Å². The van der Waals surface area contributed by atoms with Crippen LogP contribution in [-0.4, -0.2) is 12.3 Å². The zero-order chi connectivity index (χ0) is 9.26. The standard InChI is InChI=1S/C10H8N2O/c11-5-7-6-12-9-4-2-1-3-8(9)10(7)13/h1-4,7,12H,6H2. The van der Waals surface area contributed by atoms with Gasteiger partial charge in [-0.1, -0.05) is 12.1 Å². The Morgan fingerprint density at radius 1 is 1.46 bits per heavy atom. The maximum Gasteiger partial charge on any atom is 0.183 e. The van der Waals surface area contributed by atoms with Crippen molar-refractivity contribution in [2.75, 3.05) is 11.9 Å². The van der Waals surface area contributed by atoms with Crippen LogP contribution in [0, 0.1) is 17.2 Å². The summed E-state index contributed by atoms with van der Waals surface area (Å²) in [6, 6.07) is 9.25. The van der Waals surface area contributed by atoms with E-state index in [1.54, 1.807) is 12.1 Å². The van der Waals surface area contributed by atoms with Gasteiger partial charge >= 0.3 is 0 Å². The van der Waals surface area contributed by atoms with Gasteiger partial charge in [-0.2, -0.15) is 5.26 Å². The molecular weight excluding hydrogens is 164 g/mol. The quantitative estimate of drug-likeness (QED) is 0.644. The minimum absolute atomic E-state index is 0.0724. The lowest BCUT2D eigenvalue weighted by molar-refractivity contribution is 0.0950. The molecule has 1 aliphatic rings. The number of rotatable bonds is 0. The molecule has 2 rings (SSSR count). The lowest BCUT2D eigenvalue weighted by Crippen LogP contribution is -2.28. The van der Waals surface area contributed by atoms with Crippen molar-refractivity contribution < 1.29 is 4.79 Å². The molecule has 1 aliphatic heterocycles. The fraction of sp³-hybridized carbons (Fsp3) is 0.200. The smallest absolute Gasteiger partial charge is 0.183 e. The van der Waals surface area contributed by atoms with Gasteiger partial charge in [0.25, 0.3) is 0 Å². The van der Waals surface area contributed by atoms with Crippen LogP contribution in [0.2, 0.25) is 0 Å². The maximum absolute atomic E-state index is 11.6. The van der Waals surface area contributed by atoms with Gasteiger partial charge in [-0.15, -0.1) is 0 Å². The van der Waals surface area contributed by atoms with E-state index in [9.17, 15) is 4.79 Å². The largest absolute Gasteiger partial charge is 0.383 e. The Kier molecular flexibility index (Phi) is 1.75. The first-order valence-electron chi connectivity index (χ1n) is 4.09. The maximum atomic E-state index is 11.6. The van der Waals surface area contributed by atoms with Crippen LogP contribution in [0.4, 0.5) is 5.69 Å². The zero-order valence-electron chi connectivity index (χ0n) is 6.95. The summed E-state index contributed by atoms with van der Waals surface area (Å²) in [5.74, 6) is -0.605. The highest BCUT2D eigenvalue weighted by atomic mass is 16.1. The van der Waals surface area contributed by atoms with E-state index in [1.807, 2.05) is 18.2 Å². The molecule has 13 heavy (non-hydrogen) atoms. The number of para-hydroxylation sites is 1. The molecule has 1 aromatic rings. The van der Waals surface area contributed by atoms with Crippen LogP contribution in [0.15, 0.2) is 24.3 Å². The summed E-state index contributed by atoms with van der Waals surface area (Å²) in [5, 5.41) is 11.7. The lowest BCUT2D eigenvalue weighted by atomic mass is 9.94. The Bertz CT molecular complexity index is 392. The van der Waals surface area contributed by atoms with Gasteiger partial charge in [0, 0.05) is 17.8 Å². The Labute approximate surface area is 76.0 Å². The number of anilines is 1. The van der Waals surface area contributed by atoms with Crippen LogP contribution in [0.25, 0.3) is 0 Å². The topological polar surface area (TPSA) is 52.9 Å². The fourth-order valence-corrected chi connectivity index (χ4v) is 1.45. The number of hydrogen-bond acceptors (Lipinski definition) is 3. The zero-order valence-corrected chi connectivity index (χ0v) is 6.95. The van der Waals surface area contributed by atoms with E-state index in [1.165, 1.54) is 0 Å². The van der Waals surface area contributed by atoms with E-state index >= 15 is 0 Å². The van der Waals surface area contributed by atoms with Gasteiger partial charge in [0.05, 0.1) is 6.07 Å². The number of nitrogens with zero attached hydrogens (tertiary/aromatic N) is 1. The molecule has 0 aliphatic carbocycles. The Morgan fingerprint density at radius 2 is 2.23 bits per heavy atom. The second kappa shape index (κ2) is 2.91. The lowest BCUT2D eigenvalue weighted by Gasteiger charge is -2.19. The third-order valence-electron chi connectivity index (χ3n) is 2.16. The summed E-state index contributed by atoms with van der Waals surface area (Å²) in [4.78, 5) is 11.6. The number of hydrogen-bond donors (Lipinski definition) is 1. The molecule has 1 aromatic carbocycles. The van der Waals surface area contributed by atoms with Crippen LogP contribution in [-0.2, 0) is 0 Å². The van der Waals surface area contributed by atoms with Gasteiger partial charge in [-0.25, -0.2) is 0 Å². The van der Waals surface area contributed by atoms with Crippen molar-refractivity contribution in [3.8, 4) is 6.07 Å². The minimum atomic E-state index is -0.533. The average molecular weight is 172 g/mol. The van der Waals surface area contributed by atoms with Crippen molar-refractivity contribution in [3.63, 3.8) is 0 Å². The molecule has 3 heteroatoms. The van der Waals surface area contributed by atoms with Crippen LogP contribution >= 0.6 is 0 Å². The molecule has 3 nitrogen and oxygen atoms in total. The molecule has 0 radical (unpaired) electrons. The predicted molar refractivity (Wildman–Crippen MR) is 48.4 cm³/mol. The van der Waals surface area contributed by atoms with Crippen LogP contribution in [0.3, 0.4) is 0 Å². The van der Waals surface area contributed by atoms with Crippen LogP contribution in [0.5, 0.6) is 0 Å². The molecule has 0 saturated heterocycles. The van der Waals surface area contributed by atoms with Crippen LogP contribution in [0.1, 0.15) is 10.4 Å². The number of fused-ring (bicyclic) bond motifs is 1. The molecule has 1 atom stereocenters. The second-order valence-corrected chi connectivity index (χ2v) is 2.97. The minimum Gasteiger partial charge on any atom is -0.383 e. The molecular formula is C10H8N2O. The van der Waals surface area contributed by atoms with Gasteiger partial charge in [0.1, 0.15) is 5.92 Å². The number of nitriles is 1. The molecule has 0 saturated carbocycles. The van der Waals surface area contributed by atoms with Gasteiger partial charge in [0.2, 0.25) is 0 Å². The van der Waals surface area contributed by atoms with Crippen molar-refractivity contribution >= 4 is 11.5 Å². The molecule has 1 heterocycles. The normalized spacial score (nSPS) is 19.9. The summed E-state index contributed by atoms with van der Waals surface area (Å²) in [5.41, 5.74) is 1.46. The Balaban J connectivity index is 2.46. The van der Waals surface area contributed by atoms with Gasteiger partial charge in [-0.05, 0) is 12.1 Å². The summed E-state index contributed by atoms with van der Waals surface area (Å²) in [7, 11) is 0. The molecule has 0 aromatic heterocycles. The van der Waals surface area contributed by atoms with E-state index in [0.717, 1.165) is 5.69 Å². The monoisotopic (exact) mass is 172 g/mol. The first-order valence-corrected chi connectivity index (χ1v) is 4.09. The number of ketones is 1. The fourth-order valence-electron chi connectivity index (χ4n) is 1.45. The van der Waals surface area contributed by atoms with Gasteiger partial charge in [0.15, 0.2) is 5.78 Å². The first kappa shape index (κ1) is 7.81. The second-order valence-electron chi connectivity index (χ2n) is 2.97. The summed E-state index contributed by atoms with van der Waals surface area (Å²) in [6.07, 6.45) is 0. The highest BCUT2D eigenvalue weighted by Crippen LogP contribution is 2.23. The van der Waals surface area contributed by atoms with E-state index in [2.05, 4.69) is 5.32 Å². The van der Waals surface area contributed by atoms with Crippen molar-refractivity contribution in [2.45, 2.75) is 0 Å². The number of carbonyl (C=O) groups excluding carboxylic acids is 1. The average Bonchev–Trinajstić information content (AvgIpc) is 2.19. The molecule has 1 N–H and O–H groups in total. The highest BCUT2D eigenvalue weighted by Gasteiger charge is 2.26. The highest BCUT2D eigenvalue weighted by molar-refractivity contribution is 6.05. The predicted octanol–water partition coefficient (Wildman–Crippen LogP) is 1.43. The van der Waals surface area contributed by atoms with E-state index < -0.39 is 5.92 Å². The molecule has 0 fully saturated rings.